The molecule has 0 aliphatic heterocycles. The van der Waals surface area contributed by atoms with E-state index >= 15 is 0 Å². The summed E-state index contributed by atoms with van der Waals surface area (Å²) in [7, 11) is 0. The Morgan fingerprint density at radius 3 is 1.45 bits per heavy atom. The van der Waals surface area contributed by atoms with Gasteiger partial charge in [0.2, 0.25) is 0 Å². The van der Waals surface area contributed by atoms with E-state index in [-0.39, 0.29) is 0 Å². The van der Waals surface area contributed by atoms with Crippen LogP contribution in [-0.2, 0) is 0 Å². The number of alkyl halides is 2. The molecular formula is C9H18Br2. The average molecular weight is 286 g/mol. The van der Waals surface area contributed by atoms with Crippen LogP contribution in [0.1, 0.15) is 39.5 Å². The van der Waals surface area contributed by atoms with Gasteiger partial charge in [0, 0.05) is 10.7 Å². The van der Waals surface area contributed by atoms with E-state index in [0.29, 0.717) is 5.41 Å². The highest BCUT2D eigenvalue weighted by atomic mass is 79.9. The van der Waals surface area contributed by atoms with E-state index in [1.54, 1.807) is 0 Å². The lowest BCUT2D eigenvalue weighted by molar-refractivity contribution is 0.322. The van der Waals surface area contributed by atoms with Gasteiger partial charge in [0.25, 0.3) is 0 Å². The molecule has 0 heterocycles. The monoisotopic (exact) mass is 284 g/mol. The number of halogens is 2. The third-order valence-electron chi connectivity index (χ3n) is 2.13. The highest BCUT2D eigenvalue weighted by Gasteiger charge is 2.25. The first-order valence-corrected chi connectivity index (χ1v) is 6.61. The van der Waals surface area contributed by atoms with Gasteiger partial charge >= 0.3 is 0 Å². The molecule has 11 heavy (non-hydrogen) atoms. The molecule has 0 spiro atoms. The van der Waals surface area contributed by atoms with Crippen molar-refractivity contribution in [1.29, 1.82) is 0 Å². The molecule has 0 aromatic carbocycles. The molecule has 0 N–H and O–H groups in total. The topological polar surface area (TPSA) is 0 Å². The van der Waals surface area contributed by atoms with Gasteiger partial charge in [0.15, 0.2) is 0 Å². The van der Waals surface area contributed by atoms with Crippen molar-refractivity contribution in [2.24, 2.45) is 5.41 Å². The second-order valence-corrected chi connectivity index (χ2v) is 4.39. The lowest BCUT2D eigenvalue weighted by atomic mass is 9.83. The van der Waals surface area contributed by atoms with Crippen molar-refractivity contribution in [2.75, 3.05) is 10.7 Å². The van der Waals surface area contributed by atoms with Crippen LogP contribution < -0.4 is 0 Å². The van der Waals surface area contributed by atoms with Gasteiger partial charge in [-0.05, 0) is 18.3 Å². The second kappa shape index (κ2) is 6.47. The Hall–Kier alpha value is 0.960. The quantitative estimate of drug-likeness (QED) is 0.636. The Kier molecular flexibility index (Phi) is 7.04. The Morgan fingerprint density at radius 2 is 1.27 bits per heavy atom. The van der Waals surface area contributed by atoms with Crippen molar-refractivity contribution in [2.45, 2.75) is 39.5 Å². The van der Waals surface area contributed by atoms with Gasteiger partial charge in [-0.2, -0.15) is 0 Å². The smallest absolute Gasteiger partial charge is 0.00959 e. The standard InChI is InChI=1S/C9H18Br2/c1-3-5-9(7-10,8-11)6-4-2/h3-8H2,1-2H3. The van der Waals surface area contributed by atoms with Gasteiger partial charge in [-0.15, -0.1) is 0 Å². The molecule has 0 fully saturated rings. The van der Waals surface area contributed by atoms with Crippen molar-refractivity contribution in [3.63, 3.8) is 0 Å². The molecule has 0 atom stereocenters. The lowest BCUT2D eigenvalue weighted by Crippen LogP contribution is -2.24. The molecular weight excluding hydrogens is 268 g/mol. The van der Waals surface area contributed by atoms with Crippen LogP contribution in [0.2, 0.25) is 0 Å². The Labute approximate surface area is 87.4 Å². The lowest BCUT2D eigenvalue weighted by Gasteiger charge is -2.29. The summed E-state index contributed by atoms with van der Waals surface area (Å²) in [6.45, 7) is 4.52. The Balaban J connectivity index is 3.96. The Morgan fingerprint density at radius 1 is 0.909 bits per heavy atom. The molecule has 0 bridgehead atoms. The maximum Gasteiger partial charge on any atom is 0.00959 e. The van der Waals surface area contributed by atoms with Crippen LogP contribution in [0.5, 0.6) is 0 Å². The average Bonchev–Trinajstić information content (AvgIpc) is 2.04. The third kappa shape index (κ3) is 3.93. The molecule has 0 unspecified atom stereocenters. The minimum absolute atomic E-state index is 0.517. The normalized spacial score (nSPS) is 12.0. The first kappa shape index (κ1) is 12.0. The molecule has 0 nitrogen and oxygen atoms in total. The van der Waals surface area contributed by atoms with Crippen LogP contribution in [-0.4, -0.2) is 10.7 Å². The van der Waals surface area contributed by atoms with E-state index in [9.17, 15) is 0 Å². The summed E-state index contributed by atoms with van der Waals surface area (Å²) in [5.74, 6) is 0. The molecule has 0 rings (SSSR count). The fourth-order valence-corrected chi connectivity index (χ4v) is 3.54. The van der Waals surface area contributed by atoms with Crippen LogP contribution in [0.15, 0.2) is 0 Å². The maximum absolute atomic E-state index is 3.61. The van der Waals surface area contributed by atoms with Crippen molar-refractivity contribution >= 4 is 31.9 Å². The van der Waals surface area contributed by atoms with Crippen molar-refractivity contribution in [3.05, 3.63) is 0 Å². The summed E-state index contributed by atoms with van der Waals surface area (Å²) in [5.41, 5.74) is 0.517. The molecule has 0 saturated heterocycles. The number of hydrogen-bond acceptors (Lipinski definition) is 0. The highest BCUT2D eigenvalue weighted by molar-refractivity contribution is 9.09. The van der Waals surface area contributed by atoms with Gasteiger partial charge in [-0.3, -0.25) is 0 Å². The molecule has 0 aliphatic carbocycles. The molecule has 68 valence electrons. The fraction of sp³-hybridized carbons (Fsp3) is 1.00. The fourth-order valence-electron chi connectivity index (χ4n) is 1.49. The minimum Gasteiger partial charge on any atom is -0.0922 e. The van der Waals surface area contributed by atoms with E-state index in [0.717, 1.165) is 10.7 Å². The van der Waals surface area contributed by atoms with Gasteiger partial charge in [-0.25, -0.2) is 0 Å². The maximum atomic E-state index is 3.61. The first-order valence-electron chi connectivity index (χ1n) is 4.36. The minimum atomic E-state index is 0.517. The molecule has 0 radical (unpaired) electrons. The van der Waals surface area contributed by atoms with E-state index < -0.39 is 0 Å². The molecule has 0 saturated carbocycles. The second-order valence-electron chi connectivity index (χ2n) is 3.27. The van der Waals surface area contributed by atoms with Gasteiger partial charge < -0.3 is 0 Å². The first-order chi connectivity index (χ1) is 5.24. The van der Waals surface area contributed by atoms with Crippen molar-refractivity contribution in [3.8, 4) is 0 Å². The van der Waals surface area contributed by atoms with E-state index in [4.69, 9.17) is 0 Å². The summed E-state index contributed by atoms with van der Waals surface area (Å²) in [6, 6.07) is 0. The predicted molar refractivity (Wildman–Crippen MR) is 59.8 cm³/mol. The van der Waals surface area contributed by atoms with Crippen LogP contribution in [0.25, 0.3) is 0 Å². The van der Waals surface area contributed by atoms with Crippen LogP contribution in [0.4, 0.5) is 0 Å². The molecule has 0 amide bonds. The predicted octanol–water partition coefficient (Wildman–Crippen LogP) is 4.36. The number of hydrogen-bond donors (Lipinski definition) is 0. The summed E-state index contributed by atoms with van der Waals surface area (Å²) in [5, 5.41) is 2.26. The Bertz CT molecular complexity index is 79.6. The number of rotatable bonds is 6. The van der Waals surface area contributed by atoms with Gasteiger partial charge in [0.1, 0.15) is 0 Å². The largest absolute Gasteiger partial charge is 0.0922 e. The van der Waals surface area contributed by atoms with Crippen LogP contribution in [0, 0.1) is 5.41 Å². The van der Waals surface area contributed by atoms with Gasteiger partial charge in [-0.1, -0.05) is 58.5 Å². The summed E-state index contributed by atoms with van der Waals surface area (Å²) < 4.78 is 0. The zero-order chi connectivity index (χ0) is 8.74. The summed E-state index contributed by atoms with van der Waals surface area (Å²) in [6.07, 6.45) is 5.24. The zero-order valence-electron chi connectivity index (χ0n) is 7.50. The summed E-state index contributed by atoms with van der Waals surface area (Å²) >= 11 is 7.21. The molecule has 0 aromatic rings. The highest BCUT2D eigenvalue weighted by Crippen LogP contribution is 2.33. The molecule has 0 aromatic heterocycles. The van der Waals surface area contributed by atoms with Crippen molar-refractivity contribution in [1.82, 2.24) is 0 Å². The van der Waals surface area contributed by atoms with Gasteiger partial charge in [0.05, 0.1) is 0 Å². The van der Waals surface area contributed by atoms with E-state index in [2.05, 4.69) is 45.7 Å². The SMILES string of the molecule is CCCC(CBr)(CBr)CCC. The van der Waals surface area contributed by atoms with Crippen LogP contribution in [0.3, 0.4) is 0 Å². The summed E-state index contributed by atoms with van der Waals surface area (Å²) in [4.78, 5) is 0. The third-order valence-corrected chi connectivity index (χ3v) is 4.51. The zero-order valence-corrected chi connectivity index (χ0v) is 10.7. The van der Waals surface area contributed by atoms with E-state index in [1.165, 1.54) is 25.7 Å². The van der Waals surface area contributed by atoms with Crippen LogP contribution >= 0.6 is 31.9 Å². The van der Waals surface area contributed by atoms with E-state index in [1.807, 2.05) is 0 Å². The van der Waals surface area contributed by atoms with Crippen molar-refractivity contribution < 1.29 is 0 Å². The molecule has 2 heteroatoms. The molecule has 0 aliphatic rings.